The van der Waals surface area contributed by atoms with Gasteiger partial charge < -0.3 is 10.1 Å². The first-order chi connectivity index (χ1) is 6.40. The molecule has 13 heavy (non-hydrogen) atoms. The van der Waals surface area contributed by atoms with Crippen LogP contribution in [0.2, 0.25) is 0 Å². The van der Waals surface area contributed by atoms with Crippen LogP contribution in [0.15, 0.2) is 29.4 Å². The van der Waals surface area contributed by atoms with Gasteiger partial charge in [-0.25, -0.2) is 0 Å². The molecule has 0 amide bonds. The van der Waals surface area contributed by atoms with E-state index in [0.29, 0.717) is 0 Å². The monoisotopic (exact) mass is 176 g/mol. The molecule has 0 radical (unpaired) electrons. The quantitative estimate of drug-likeness (QED) is 0.423. The van der Waals surface area contributed by atoms with Gasteiger partial charge in [0.2, 0.25) is 0 Å². The molecular formula is C10H12N2O. The molecule has 3 heteroatoms. The van der Waals surface area contributed by atoms with E-state index in [1.54, 1.807) is 0 Å². The minimum atomic E-state index is 0.923. The molecule has 1 N–H and O–H groups in total. The molecule has 0 aromatic heterocycles. The molecule has 1 fully saturated rings. The topological polar surface area (TPSA) is 35.8 Å². The Morgan fingerprint density at radius 2 is 1.92 bits per heavy atom. The molecule has 2 rings (SSSR count). The lowest BCUT2D eigenvalue weighted by molar-refractivity contribution is 0.322. The normalized spacial score (nSPS) is 16.2. The lowest BCUT2D eigenvalue weighted by Crippen LogP contribution is -2.36. The zero-order chi connectivity index (χ0) is 9.10. The molecule has 0 saturated carbocycles. The number of hydrogen-bond acceptors (Lipinski definition) is 3. The molecule has 3 nitrogen and oxygen atoms in total. The third-order valence-corrected chi connectivity index (χ3v) is 2.32. The fraction of sp³-hybridized carbons (Fsp3) is 0.300. The fourth-order valence-corrected chi connectivity index (χ4v) is 1.41. The molecular weight excluding hydrogens is 164 g/mol. The summed E-state index contributed by atoms with van der Waals surface area (Å²) < 4.78 is 0. The Morgan fingerprint density at radius 1 is 1.23 bits per heavy atom. The Morgan fingerprint density at radius 3 is 2.38 bits per heavy atom. The molecule has 0 aliphatic carbocycles. The molecule has 0 unspecified atom stereocenters. The minimum absolute atomic E-state index is 0.923. The van der Waals surface area contributed by atoms with Gasteiger partial charge in [0.15, 0.2) is 0 Å². The van der Waals surface area contributed by atoms with Gasteiger partial charge in [-0.3, -0.25) is 0 Å². The van der Waals surface area contributed by atoms with Crippen LogP contribution in [0.5, 0.6) is 0 Å². The van der Waals surface area contributed by atoms with Gasteiger partial charge in [-0.1, -0.05) is 17.3 Å². The van der Waals surface area contributed by atoms with E-state index in [0.717, 1.165) is 18.7 Å². The Labute approximate surface area is 77.3 Å². The molecule has 0 spiro atoms. The lowest BCUT2D eigenvalue weighted by atomic mass is 10.1. The van der Waals surface area contributed by atoms with E-state index < -0.39 is 0 Å². The van der Waals surface area contributed by atoms with Crippen molar-refractivity contribution in [2.45, 2.75) is 6.42 Å². The smallest absolute Gasteiger partial charge is 0.0733 e. The summed E-state index contributed by atoms with van der Waals surface area (Å²) >= 11 is 0. The van der Waals surface area contributed by atoms with Crippen LogP contribution in [0, 0.1) is 0 Å². The molecule has 0 atom stereocenters. The van der Waals surface area contributed by atoms with Gasteiger partial charge in [0.05, 0.1) is 6.21 Å². The summed E-state index contributed by atoms with van der Waals surface area (Å²) in [4.78, 5) is 2.32. The van der Waals surface area contributed by atoms with E-state index in [9.17, 15) is 0 Å². The highest BCUT2D eigenvalue weighted by Crippen LogP contribution is 2.20. The summed E-state index contributed by atoms with van der Waals surface area (Å²) in [6.45, 7) is 2.32. The summed E-state index contributed by atoms with van der Waals surface area (Å²) in [6, 6.07) is 8.01. The summed E-state index contributed by atoms with van der Waals surface area (Å²) in [5, 5.41) is 11.3. The van der Waals surface area contributed by atoms with Crippen molar-refractivity contribution in [3.63, 3.8) is 0 Å². The maximum absolute atomic E-state index is 8.31. The summed E-state index contributed by atoms with van der Waals surface area (Å²) in [6.07, 6.45) is 2.72. The van der Waals surface area contributed by atoms with Crippen molar-refractivity contribution in [3.05, 3.63) is 29.8 Å². The van der Waals surface area contributed by atoms with E-state index in [4.69, 9.17) is 5.21 Å². The zero-order valence-electron chi connectivity index (χ0n) is 7.35. The van der Waals surface area contributed by atoms with Crippen LogP contribution in [-0.2, 0) is 0 Å². The molecule has 1 aromatic carbocycles. The van der Waals surface area contributed by atoms with Crippen LogP contribution in [0.3, 0.4) is 0 Å². The highest BCUT2D eigenvalue weighted by Gasteiger charge is 2.13. The van der Waals surface area contributed by atoms with E-state index in [1.165, 1.54) is 18.3 Å². The average molecular weight is 176 g/mol. The number of hydrogen-bond donors (Lipinski definition) is 1. The van der Waals surface area contributed by atoms with Crippen molar-refractivity contribution in [1.29, 1.82) is 0 Å². The number of nitrogens with zero attached hydrogens (tertiary/aromatic N) is 2. The van der Waals surface area contributed by atoms with E-state index in [-0.39, 0.29) is 0 Å². The predicted molar refractivity (Wildman–Crippen MR) is 52.7 cm³/mol. The SMILES string of the molecule is ON=Cc1ccc(N2CCC2)cc1. The summed E-state index contributed by atoms with van der Waals surface area (Å²) in [5.74, 6) is 0. The Bertz CT molecular complexity index is 301. The van der Waals surface area contributed by atoms with Crippen molar-refractivity contribution < 1.29 is 5.21 Å². The third kappa shape index (κ3) is 1.64. The standard InChI is InChI=1S/C10H12N2O/c13-11-8-9-2-4-10(5-3-9)12-6-1-7-12/h2-5,8,13H,1,6-7H2. The van der Waals surface area contributed by atoms with Crippen LogP contribution in [-0.4, -0.2) is 24.5 Å². The maximum atomic E-state index is 8.31. The van der Waals surface area contributed by atoms with Crippen LogP contribution >= 0.6 is 0 Å². The first-order valence-corrected chi connectivity index (χ1v) is 4.42. The van der Waals surface area contributed by atoms with Gasteiger partial charge in [-0.2, -0.15) is 0 Å². The minimum Gasteiger partial charge on any atom is -0.411 e. The largest absolute Gasteiger partial charge is 0.411 e. The Hall–Kier alpha value is -1.51. The molecule has 1 aromatic rings. The molecule has 1 saturated heterocycles. The highest BCUT2D eigenvalue weighted by molar-refractivity contribution is 5.79. The fourth-order valence-electron chi connectivity index (χ4n) is 1.41. The first kappa shape index (κ1) is 8.10. The van der Waals surface area contributed by atoms with Crippen molar-refractivity contribution in [2.75, 3.05) is 18.0 Å². The zero-order valence-corrected chi connectivity index (χ0v) is 7.35. The average Bonchev–Trinajstić information content (AvgIpc) is 2.06. The maximum Gasteiger partial charge on any atom is 0.0733 e. The van der Waals surface area contributed by atoms with Crippen LogP contribution in [0.4, 0.5) is 5.69 Å². The molecule has 1 aliphatic rings. The first-order valence-electron chi connectivity index (χ1n) is 4.42. The number of rotatable bonds is 2. The summed E-state index contributed by atoms with van der Waals surface area (Å²) in [5.41, 5.74) is 2.17. The number of oxime groups is 1. The molecule has 1 heterocycles. The number of benzene rings is 1. The van der Waals surface area contributed by atoms with Crippen molar-refractivity contribution in [3.8, 4) is 0 Å². The van der Waals surface area contributed by atoms with Gasteiger partial charge in [0.1, 0.15) is 0 Å². The van der Waals surface area contributed by atoms with Crippen molar-refractivity contribution >= 4 is 11.9 Å². The highest BCUT2D eigenvalue weighted by atomic mass is 16.4. The van der Waals surface area contributed by atoms with Crippen molar-refractivity contribution in [1.82, 2.24) is 0 Å². The van der Waals surface area contributed by atoms with E-state index >= 15 is 0 Å². The van der Waals surface area contributed by atoms with E-state index in [1.807, 2.05) is 12.1 Å². The number of anilines is 1. The van der Waals surface area contributed by atoms with Gasteiger partial charge in [0.25, 0.3) is 0 Å². The van der Waals surface area contributed by atoms with E-state index in [2.05, 4.69) is 22.2 Å². The predicted octanol–water partition coefficient (Wildman–Crippen LogP) is 1.70. The second-order valence-electron chi connectivity index (χ2n) is 3.18. The third-order valence-electron chi connectivity index (χ3n) is 2.32. The molecule has 68 valence electrons. The van der Waals surface area contributed by atoms with Gasteiger partial charge in [-0.05, 0) is 24.1 Å². The van der Waals surface area contributed by atoms with Crippen LogP contribution in [0.1, 0.15) is 12.0 Å². The van der Waals surface area contributed by atoms with Crippen LogP contribution in [0.25, 0.3) is 0 Å². The second-order valence-corrected chi connectivity index (χ2v) is 3.18. The Kier molecular flexibility index (Phi) is 2.17. The van der Waals surface area contributed by atoms with Gasteiger partial charge >= 0.3 is 0 Å². The molecule has 1 aliphatic heterocycles. The van der Waals surface area contributed by atoms with Gasteiger partial charge in [-0.15, -0.1) is 0 Å². The lowest BCUT2D eigenvalue weighted by Gasteiger charge is -2.33. The van der Waals surface area contributed by atoms with Crippen LogP contribution < -0.4 is 4.90 Å². The second kappa shape index (κ2) is 3.47. The van der Waals surface area contributed by atoms with Crippen molar-refractivity contribution in [2.24, 2.45) is 5.16 Å². The Balaban J connectivity index is 2.13. The molecule has 0 bridgehead atoms. The van der Waals surface area contributed by atoms with Gasteiger partial charge in [0, 0.05) is 18.8 Å². The summed E-state index contributed by atoms with van der Waals surface area (Å²) in [7, 11) is 0.